The Labute approximate surface area is 112 Å². The minimum Gasteiger partial charge on any atom is -0.306 e. The third-order valence-corrected chi connectivity index (χ3v) is 6.69. The van der Waals surface area contributed by atoms with E-state index in [2.05, 4.69) is 17.3 Å². The minimum atomic E-state index is -2.93. The van der Waals surface area contributed by atoms with Crippen molar-refractivity contribution in [3.05, 3.63) is 35.9 Å². The van der Waals surface area contributed by atoms with Gasteiger partial charge in [0.2, 0.25) is 0 Å². The number of hydrogen-bond donors (Lipinski definition) is 1. The molecule has 0 aliphatic carbocycles. The van der Waals surface area contributed by atoms with Crippen molar-refractivity contribution in [2.45, 2.75) is 19.1 Å². The van der Waals surface area contributed by atoms with Gasteiger partial charge in [-0.25, -0.2) is 0 Å². The maximum absolute atomic E-state index is 12.3. The molecule has 1 rings (SSSR count). The minimum absolute atomic E-state index is 0.0797. The van der Waals surface area contributed by atoms with Gasteiger partial charge in [-0.2, -0.15) is 0 Å². The number of rotatable bonds is 7. The van der Waals surface area contributed by atoms with Crippen molar-refractivity contribution in [2.24, 2.45) is 0 Å². The van der Waals surface area contributed by atoms with Gasteiger partial charge in [-0.15, -0.1) is 0 Å². The molecule has 3 nitrogen and oxygen atoms in total. The molecule has 0 bridgehead atoms. The topological polar surface area (TPSA) is 38.3 Å². The molecule has 2 atom stereocenters. The molecule has 0 heterocycles. The number of nitrogens with one attached hydrogen (secondary N) is 1. The lowest BCUT2D eigenvalue weighted by Crippen LogP contribution is -2.07. The highest BCUT2D eigenvalue weighted by molar-refractivity contribution is 8.56. The van der Waals surface area contributed by atoms with Crippen molar-refractivity contribution in [2.75, 3.05) is 6.61 Å². The molecule has 0 saturated heterocycles. The van der Waals surface area contributed by atoms with Gasteiger partial charge in [0.15, 0.2) is 0 Å². The van der Waals surface area contributed by atoms with E-state index in [0.29, 0.717) is 6.61 Å². The smallest absolute Gasteiger partial charge is 0.306 e. The number of benzene rings is 1. The molecule has 0 aromatic heterocycles. The maximum atomic E-state index is 12.3. The second kappa shape index (κ2) is 7.17. The Balaban J connectivity index is 2.74. The van der Waals surface area contributed by atoms with Gasteiger partial charge >= 0.3 is 6.72 Å². The number of thiocarbonyl (C=S) groups is 1. The predicted molar refractivity (Wildman–Crippen MR) is 78.5 cm³/mol. The molecule has 0 aliphatic rings. The van der Waals surface area contributed by atoms with Crippen LogP contribution in [-0.2, 0) is 9.09 Å². The zero-order valence-corrected chi connectivity index (χ0v) is 12.4. The van der Waals surface area contributed by atoms with Crippen molar-refractivity contribution < 1.29 is 9.09 Å². The van der Waals surface area contributed by atoms with E-state index in [1.165, 1.54) is 16.9 Å². The second-order valence-electron chi connectivity index (χ2n) is 3.32. The van der Waals surface area contributed by atoms with E-state index < -0.39 is 6.72 Å². The lowest BCUT2D eigenvalue weighted by atomic mass is 10.2. The normalized spacial score (nSPS) is 15.9. The van der Waals surface area contributed by atoms with Gasteiger partial charge in [0.1, 0.15) is 0 Å². The van der Waals surface area contributed by atoms with Gasteiger partial charge in [-0.3, -0.25) is 4.57 Å². The summed E-state index contributed by atoms with van der Waals surface area (Å²) in [5, 5.41) is 2.73. The lowest BCUT2D eigenvalue weighted by Gasteiger charge is -2.20. The third-order valence-electron chi connectivity index (χ3n) is 2.08. The molecule has 6 heteroatoms. The van der Waals surface area contributed by atoms with Crippen LogP contribution in [0.1, 0.15) is 24.7 Å². The van der Waals surface area contributed by atoms with Crippen molar-refractivity contribution in [1.82, 2.24) is 5.09 Å². The summed E-state index contributed by atoms with van der Waals surface area (Å²) in [6, 6.07) is 9.89. The Morgan fingerprint density at radius 2 is 2.18 bits per heavy atom. The van der Waals surface area contributed by atoms with Crippen LogP contribution in [0.2, 0.25) is 0 Å². The van der Waals surface area contributed by atoms with Crippen molar-refractivity contribution in [3.8, 4) is 0 Å². The van der Waals surface area contributed by atoms with E-state index in [1.54, 1.807) is 0 Å². The Hall–Kier alpha value is -0.350. The summed E-state index contributed by atoms with van der Waals surface area (Å²) in [6.45, 7) is 1.26. The molecule has 0 radical (unpaired) electrons. The first-order chi connectivity index (χ1) is 8.11. The molecule has 0 spiro atoms. The molecular formula is C11H16NO2PS2. The van der Waals surface area contributed by atoms with Crippen LogP contribution >= 0.6 is 30.3 Å². The molecule has 0 amide bonds. The van der Waals surface area contributed by atoms with E-state index in [0.717, 1.165) is 5.56 Å². The molecule has 1 aromatic carbocycles. The summed E-state index contributed by atoms with van der Waals surface area (Å²) in [4.78, 5) is 0. The van der Waals surface area contributed by atoms with E-state index in [1.807, 2.05) is 44.2 Å². The van der Waals surface area contributed by atoms with Crippen LogP contribution in [-0.4, -0.2) is 12.1 Å². The summed E-state index contributed by atoms with van der Waals surface area (Å²) in [6.07, 6.45) is 0. The average molecular weight is 289 g/mol. The zero-order valence-electron chi connectivity index (χ0n) is 9.83. The second-order valence-corrected chi connectivity index (χ2v) is 8.06. The fourth-order valence-electron chi connectivity index (χ4n) is 1.33. The summed E-state index contributed by atoms with van der Waals surface area (Å²) in [7, 11) is 0. The number of hydrogen-bond acceptors (Lipinski definition) is 4. The largest absolute Gasteiger partial charge is 0.351 e. The van der Waals surface area contributed by atoms with Crippen molar-refractivity contribution in [3.63, 3.8) is 0 Å². The maximum Gasteiger partial charge on any atom is 0.351 e. The monoisotopic (exact) mass is 289 g/mol. The highest BCUT2D eigenvalue weighted by atomic mass is 32.7. The summed E-state index contributed by atoms with van der Waals surface area (Å²) in [5.74, 6) is 0. The van der Waals surface area contributed by atoms with Crippen LogP contribution in [0.15, 0.2) is 30.3 Å². The van der Waals surface area contributed by atoms with Crippen molar-refractivity contribution in [1.29, 1.82) is 0 Å². The first-order valence-corrected chi connectivity index (χ1v) is 8.88. The SMILES string of the molecule is CCOP(=O)(NC=S)SC(C)c1ccccc1. The van der Waals surface area contributed by atoms with Gasteiger partial charge in [-0.1, -0.05) is 42.5 Å². The molecule has 1 aromatic rings. The standard InChI is InChI=1S/C11H16NO2PS2/c1-3-14-15(13,12-9-16)17-10(2)11-7-5-4-6-8-11/h4-10H,3H2,1-2H3,(H,12,13,16). The Morgan fingerprint density at radius 1 is 1.53 bits per heavy atom. The fraction of sp³-hybridized carbons (Fsp3) is 0.364. The Kier molecular flexibility index (Phi) is 6.20. The van der Waals surface area contributed by atoms with Gasteiger partial charge < -0.3 is 9.61 Å². The van der Waals surface area contributed by atoms with E-state index in [4.69, 9.17) is 4.52 Å². The first-order valence-electron chi connectivity index (χ1n) is 5.30. The fourth-order valence-corrected chi connectivity index (χ4v) is 5.76. The zero-order chi connectivity index (χ0) is 12.7. The highest BCUT2D eigenvalue weighted by Crippen LogP contribution is 2.61. The van der Waals surface area contributed by atoms with Crippen LogP contribution in [0.25, 0.3) is 0 Å². The van der Waals surface area contributed by atoms with Crippen LogP contribution in [0.4, 0.5) is 0 Å². The predicted octanol–water partition coefficient (Wildman–Crippen LogP) is 4.17. The lowest BCUT2D eigenvalue weighted by molar-refractivity contribution is 0.343. The van der Waals surface area contributed by atoms with Crippen molar-refractivity contribution >= 4 is 35.8 Å². The molecule has 1 N–H and O–H groups in total. The van der Waals surface area contributed by atoms with E-state index in [9.17, 15) is 4.57 Å². The molecule has 0 fully saturated rings. The van der Waals surface area contributed by atoms with Gasteiger partial charge in [-0.05, 0) is 30.8 Å². The van der Waals surface area contributed by atoms with Crippen LogP contribution in [0.3, 0.4) is 0 Å². The molecular weight excluding hydrogens is 273 g/mol. The molecule has 0 aliphatic heterocycles. The summed E-state index contributed by atoms with van der Waals surface area (Å²) >= 11 is 5.96. The summed E-state index contributed by atoms with van der Waals surface area (Å²) < 4.78 is 17.6. The van der Waals surface area contributed by atoms with E-state index in [-0.39, 0.29) is 5.25 Å². The van der Waals surface area contributed by atoms with Gasteiger partial charge in [0, 0.05) is 5.25 Å². The molecule has 17 heavy (non-hydrogen) atoms. The molecule has 0 saturated carbocycles. The van der Waals surface area contributed by atoms with Crippen LogP contribution < -0.4 is 5.09 Å². The third kappa shape index (κ3) is 4.80. The average Bonchev–Trinajstić information content (AvgIpc) is 2.30. The Bertz CT molecular complexity index is 400. The quantitative estimate of drug-likeness (QED) is 0.602. The van der Waals surface area contributed by atoms with Crippen LogP contribution in [0, 0.1) is 0 Å². The summed E-state index contributed by atoms with van der Waals surface area (Å²) in [5.41, 5.74) is 2.37. The van der Waals surface area contributed by atoms with E-state index >= 15 is 0 Å². The van der Waals surface area contributed by atoms with Gasteiger partial charge in [0.05, 0.1) is 12.1 Å². The van der Waals surface area contributed by atoms with Gasteiger partial charge in [0.25, 0.3) is 0 Å². The Morgan fingerprint density at radius 3 is 2.71 bits per heavy atom. The van der Waals surface area contributed by atoms with Crippen LogP contribution in [0.5, 0.6) is 0 Å². The first kappa shape index (κ1) is 14.7. The highest BCUT2D eigenvalue weighted by Gasteiger charge is 2.26. The molecule has 94 valence electrons. The molecule has 2 unspecified atom stereocenters.